The average Bonchev–Trinajstić information content (AvgIpc) is 2.56. The number of carbonyl (C=O) groups excluding carboxylic acids is 2. The average molecular weight is 355 g/mol. The number of anilines is 1. The van der Waals surface area contributed by atoms with Crippen LogP contribution in [-0.2, 0) is 9.59 Å². The predicted molar refractivity (Wildman–Crippen MR) is 93.4 cm³/mol. The molecule has 1 unspecified atom stereocenters. The van der Waals surface area contributed by atoms with Crippen LogP contribution in [0.25, 0.3) is 0 Å². The molecule has 0 aromatic heterocycles. The van der Waals surface area contributed by atoms with Gasteiger partial charge in [-0.05, 0) is 37.0 Å². The van der Waals surface area contributed by atoms with Gasteiger partial charge in [-0.3, -0.25) is 9.59 Å². The van der Waals surface area contributed by atoms with Crippen LogP contribution >= 0.6 is 11.6 Å². The van der Waals surface area contributed by atoms with E-state index in [2.05, 4.69) is 10.6 Å². The first-order chi connectivity index (χ1) is 11.4. The van der Waals surface area contributed by atoms with Crippen LogP contribution < -0.4 is 10.6 Å². The lowest BCUT2D eigenvalue weighted by molar-refractivity contribution is -0.130. The van der Waals surface area contributed by atoms with Crippen LogP contribution in [0.4, 0.5) is 10.1 Å². The zero-order valence-electron chi connectivity index (χ0n) is 14.1. The first kappa shape index (κ1) is 18.7. The Morgan fingerprint density at radius 3 is 2.46 bits per heavy atom. The van der Waals surface area contributed by atoms with Crippen molar-refractivity contribution >= 4 is 29.1 Å². The fraction of sp³-hybridized carbons (Fsp3) is 0.556. The maximum absolute atomic E-state index is 13.2. The molecule has 1 aliphatic rings. The number of halogens is 2. The molecule has 2 rings (SSSR count). The molecule has 6 heteroatoms. The summed E-state index contributed by atoms with van der Waals surface area (Å²) in [5.41, 5.74) is 0.406. The zero-order valence-corrected chi connectivity index (χ0v) is 14.8. The molecule has 0 bridgehead atoms. The molecule has 1 fully saturated rings. The van der Waals surface area contributed by atoms with E-state index in [1.807, 2.05) is 13.8 Å². The Bertz CT molecular complexity index is 601. The van der Waals surface area contributed by atoms with Gasteiger partial charge in [0.25, 0.3) is 0 Å². The summed E-state index contributed by atoms with van der Waals surface area (Å²) in [7, 11) is 0. The second-order valence-electron chi connectivity index (χ2n) is 6.68. The van der Waals surface area contributed by atoms with Crippen LogP contribution in [0.1, 0.15) is 46.0 Å². The van der Waals surface area contributed by atoms with Crippen molar-refractivity contribution in [2.75, 3.05) is 5.32 Å². The van der Waals surface area contributed by atoms with Crippen molar-refractivity contribution < 1.29 is 14.0 Å². The standard InChI is InChI=1S/C18H24ClFN2O2/c1-11(2)16(22-17(23)12-6-4-3-5-7-12)18(24)21-13-8-9-15(20)14(19)10-13/h8-12,16H,3-7H2,1-2H3,(H,21,24)(H,22,23). The minimum atomic E-state index is -0.636. The van der Waals surface area contributed by atoms with Gasteiger partial charge in [0, 0.05) is 11.6 Å². The van der Waals surface area contributed by atoms with E-state index in [9.17, 15) is 14.0 Å². The topological polar surface area (TPSA) is 58.2 Å². The van der Waals surface area contributed by atoms with E-state index >= 15 is 0 Å². The van der Waals surface area contributed by atoms with Crippen LogP contribution in [-0.4, -0.2) is 17.9 Å². The fourth-order valence-electron chi connectivity index (χ4n) is 2.96. The third kappa shape index (κ3) is 4.94. The maximum Gasteiger partial charge on any atom is 0.247 e. The van der Waals surface area contributed by atoms with Crippen molar-refractivity contribution in [3.63, 3.8) is 0 Å². The van der Waals surface area contributed by atoms with Gasteiger partial charge in [0.15, 0.2) is 0 Å². The number of rotatable bonds is 5. The second-order valence-corrected chi connectivity index (χ2v) is 7.09. The molecule has 1 aromatic carbocycles. The third-order valence-electron chi connectivity index (χ3n) is 4.41. The minimum absolute atomic E-state index is 0.00642. The van der Waals surface area contributed by atoms with Gasteiger partial charge < -0.3 is 10.6 Å². The SMILES string of the molecule is CC(C)C(NC(=O)C1CCCCC1)C(=O)Nc1ccc(F)c(Cl)c1. The Kier molecular flexibility index (Phi) is 6.60. The summed E-state index contributed by atoms with van der Waals surface area (Å²) in [6, 6.07) is 3.36. The molecular formula is C18H24ClFN2O2. The van der Waals surface area contributed by atoms with Crippen LogP contribution in [0.3, 0.4) is 0 Å². The summed E-state index contributed by atoms with van der Waals surface area (Å²) < 4.78 is 13.2. The summed E-state index contributed by atoms with van der Waals surface area (Å²) in [6.07, 6.45) is 5.05. The van der Waals surface area contributed by atoms with Crippen LogP contribution in [0.2, 0.25) is 5.02 Å². The van der Waals surface area contributed by atoms with Crippen molar-refractivity contribution in [1.82, 2.24) is 5.32 Å². The Morgan fingerprint density at radius 1 is 1.21 bits per heavy atom. The first-order valence-corrected chi connectivity index (χ1v) is 8.82. The monoisotopic (exact) mass is 354 g/mol. The van der Waals surface area contributed by atoms with Gasteiger partial charge in [0.1, 0.15) is 11.9 Å². The molecule has 0 heterocycles. The second kappa shape index (κ2) is 8.47. The number of carbonyl (C=O) groups is 2. The summed E-state index contributed by atoms with van der Waals surface area (Å²) in [4.78, 5) is 24.9. The van der Waals surface area contributed by atoms with Crippen LogP contribution in [0.15, 0.2) is 18.2 Å². The number of benzene rings is 1. The molecule has 2 N–H and O–H groups in total. The Morgan fingerprint density at radius 2 is 1.88 bits per heavy atom. The highest BCUT2D eigenvalue weighted by Gasteiger charge is 2.28. The van der Waals surface area contributed by atoms with Gasteiger partial charge in [-0.2, -0.15) is 0 Å². The van der Waals surface area contributed by atoms with Gasteiger partial charge in [0.2, 0.25) is 11.8 Å². The van der Waals surface area contributed by atoms with E-state index in [1.165, 1.54) is 24.6 Å². The lowest BCUT2D eigenvalue weighted by atomic mass is 9.88. The molecule has 0 saturated heterocycles. The van der Waals surface area contributed by atoms with Crippen molar-refractivity contribution in [1.29, 1.82) is 0 Å². The fourth-order valence-corrected chi connectivity index (χ4v) is 3.15. The molecule has 1 aliphatic carbocycles. The summed E-state index contributed by atoms with van der Waals surface area (Å²) in [6.45, 7) is 3.76. The number of hydrogen-bond donors (Lipinski definition) is 2. The van der Waals surface area contributed by atoms with Gasteiger partial charge >= 0.3 is 0 Å². The molecule has 0 aliphatic heterocycles. The first-order valence-electron chi connectivity index (χ1n) is 8.44. The van der Waals surface area contributed by atoms with Crippen molar-refractivity contribution in [2.45, 2.75) is 52.0 Å². The van der Waals surface area contributed by atoms with Crippen molar-refractivity contribution in [3.05, 3.63) is 29.0 Å². The molecule has 4 nitrogen and oxygen atoms in total. The van der Waals surface area contributed by atoms with Gasteiger partial charge in [-0.15, -0.1) is 0 Å². The summed E-state index contributed by atoms with van der Waals surface area (Å²) in [5, 5.41) is 5.51. The van der Waals surface area contributed by atoms with Crippen LogP contribution in [0, 0.1) is 17.7 Å². The quantitative estimate of drug-likeness (QED) is 0.834. The number of amides is 2. The lowest BCUT2D eigenvalue weighted by Gasteiger charge is -2.26. The normalized spacial score (nSPS) is 16.7. The van der Waals surface area contributed by atoms with E-state index in [1.54, 1.807) is 0 Å². The highest BCUT2D eigenvalue weighted by molar-refractivity contribution is 6.31. The van der Waals surface area contributed by atoms with Crippen molar-refractivity contribution in [2.24, 2.45) is 11.8 Å². The highest BCUT2D eigenvalue weighted by Crippen LogP contribution is 2.24. The number of nitrogens with one attached hydrogen (secondary N) is 2. The predicted octanol–water partition coefficient (Wildman–Crippen LogP) is 4.14. The van der Waals surface area contributed by atoms with E-state index in [0.29, 0.717) is 5.69 Å². The minimum Gasteiger partial charge on any atom is -0.344 e. The van der Waals surface area contributed by atoms with E-state index < -0.39 is 11.9 Å². The molecule has 1 aromatic rings. The van der Waals surface area contributed by atoms with Crippen LogP contribution in [0.5, 0.6) is 0 Å². The zero-order chi connectivity index (χ0) is 17.7. The molecular weight excluding hydrogens is 331 g/mol. The lowest BCUT2D eigenvalue weighted by Crippen LogP contribution is -2.49. The molecule has 1 saturated carbocycles. The highest BCUT2D eigenvalue weighted by atomic mass is 35.5. The van der Waals surface area contributed by atoms with Gasteiger partial charge in [-0.25, -0.2) is 4.39 Å². The molecule has 2 amide bonds. The van der Waals surface area contributed by atoms with Crippen molar-refractivity contribution in [3.8, 4) is 0 Å². The maximum atomic E-state index is 13.2. The van der Waals surface area contributed by atoms with E-state index in [0.717, 1.165) is 25.7 Å². The number of hydrogen-bond acceptors (Lipinski definition) is 2. The molecule has 0 radical (unpaired) electrons. The molecule has 132 valence electrons. The molecule has 0 spiro atoms. The molecule has 1 atom stereocenters. The van der Waals surface area contributed by atoms with E-state index in [4.69, 9.17) is 11.6 Å². The van der Waals surface area contributed by atoms with Gasteiger partial charge in [0.05, 0.1) is 5.02 Å². The third-order valence-corrected chi connectivity index (χ3v) is 4.70. The molecule has 24 heavy (non-hydrogen) atoms. The summed E-state index contributed by atoms with van der Waals surface area (Å²) in [5.74, 6) is -0.986. The summed E-state index contributed by atoms with van der Waals surface area (Å²) >= 11 is 5.73. The Balaban J connectivity index is 2.01. The Hall–Kier alpha value is -1.62. The Labute approximate surface area is 147 Å². The smallest absolute Gasteiger partial charge is 0.247 e. The largest absolute Gasteiger partial charge is 0.344 e. The van der Waals surface area contributed by atoms with Gasteiger partial charge in [-0.1, -0.05) is 44.7 Å². The van der Waals surface area contributed by atoms with E-state index in [-0.39, 0.29) is 28.7 Å².